The highest BCUT2D eigenvalue weighted by Crippen LogP contribution is 2.23. The molecule has 0 spiro atoms. The lowest BCUT2D eigenvalue weighted by Gasteiger charge is -2.17. The average molecular weight is 265 g/mol. The molecule has 1 aliphatic heterocycles. The minimum Gasteiger partial charge on any atom is -0.399 e. The first-order chi connectivity index (χ1) is 9.81. The summed E-state index contributed by atoms with van der Waals surface area (Å²) in [6.45, 7) is 2.35. The summed E-state index contributed by atoms with van der Waals surface area (Å²) in [6, 6.07) is 16.2. The van der Waals surface area contributed by atoms with Gasteiger partial charge in [0.05, 0.1) is 5.69 Å². The summed E-state index contributed by atoms with van der Waals surface area (Å²) in [4.78, 5) is 6.91. The van der Waals surface area contributed by atoms with Gasteiger partial charge >= 0.3 is 0 Å². The van der Waals surface area contributed by atoms with Crippen LogP contribution in [0.5, 0.6) is 0 Å². The number of benzene rings is 2. The lowest BCUT2D eigenvalue weighted by atomic mass is 10.2. The zero-order valence-corrected chi connectivity index (χ0v) is 11.5. The third kappa shape index (κ3) is 2.99. The van der Waals surface area contributed by atoms with Gasteiger partial charge in [-0.05, 0) is 54.8 Å². The molecule has 20 heavy (non-hydrogen) atoms. The maximum Gasteiger partial charge on any atom is 0.0631 e. The fourth-order valence-corrected chi connectivity index (χ4v) is 2.46. The third-order valence-electron chi connectivity index (χ3n) is 3.62. The van der Waals surface area contributed by atoms with Gasteiger partial charge in [0.25, 0.3) is 0 Å². The summed E-state index contributed by atoms with van der Waals surface area (Å²) >= 11 is 0. The summed E-state index contributed by atoms with van der Waals surface area (Å²) in [5.41, 5.74) is 9.77. The van der Waals surface area contributed by atoms with Crippen molar-refractivity contribution in [3.05, 3.63) is 54.1 Å². The second-order valence-corrected chi connectivity index (χ2v) is 5.14. The molecule has 0 unspecified atom stereocenters. The van der Waals surface area contributed by atoms with Crippen LogP contribution in [0.3, 0.4) is 0 Å². The summed E-state index contributed by atoms with van der Waals surface area (Å²) in [5, 5.41) is 0. The molecule has 102 valence electrons. The molecule has 3 heteroatoms. The van der Waals surface area contributed by atoms with Crippen molar-refractivity contribution in [3.63, 3.8) is 0 Å². The smallest absolute Gasteiger partial charge is 0.0631 e. The number of rotatable bonds is 3. The first-order valence-corrected chi connectivity index (χ1v) is 7.06. The van der Waals surface area contributed by atoms with E-state index in [1.165, 1.54) is 31.6 Å². The predicted molar refractivity (Wildman–Crippen MR) is 86.0 cm³/mol. The van der Waals surface area contributed by atoms with E-state index in [4.69, 9.17) is 5.73 Å². The normalized spacial score (nSPS) is 15.1. The molecule has 0 bridgehead atoms. The van der Waals surface area contributed by atoms with Gasteiger partial charge in [0.2, 0.25) is 0 Å². The van der Waals surface area contributed by atoms with Crippen molar-refractivity contribution in [1.82, 2.24) is 0 Å². The van der Waals surface area contributed by atoms with Crippen LogP contribution in [0.1, 0.15) is 18.4 Å². The quantitative estimate of drug-likeness (QED) is 0.680. The lowest BCUT2D eigenvalue weighted by molar-refractivity contribution is 0.949. The maximum absolute atomic E-state index is 5.66. The second-order valence-electron chi connectivity index (χ2n) is 5.14. The molecule has 2 aromatic carbocycles. The van der Waals surface area contributed by atoms with Gasteiger partial charge in [0.15, 0.2) is 0 Å². The zero-order chi connectivity index (χ0) is 13.8. The molecule has 0 saturated carbocycles. The molecule has 2 N–H and O–H groups in total. The molecule has 0 amide bonds. The molecule has 1 heterocycles. The van der Waals surface area contributed by atoms with Gasteiger partial charge in [-0.1, -0.05) is 12.1 Å². The van der Waals surface area contributed by atoms with Gasteiger partial charge in [-0.3, -0.25) is 4.99 Å². The van der Waals surface area contributed by atoms with E-state index >= 15 is 0 Å². The van der Waals surface area contributed by atoms with Crippen LogP contribution >= 0.6 is 0 Å². The van der Waals surface area contributed by atoms with Crippen LogP contribution < -0.4 is 10.6 Å². The second kappa shape index (κ2) is 5.78. The maximum atomic E-state index is 5.66. The standard InChI is InChI=1S/C17H19N3/c18-15-5-3-14(4-6-15)13-19-16-7-9-17(10-8-16)20-11-1-2-12-20/h3-10,13H,1-2,11-12,18H2/b19-13+. The molecule has 2 aromatic rings. The van der Waals surface area contributed by atoms with E-state index in [1.54, 1.807) is 0 Å². The van der Waals surface area contributed by atoms with E-state index in [2.05, 4.69) is 34.2 Å². The Morgan fingerprint density at radius 2 is 1.55 bits per heavy atom. The van der Waals surface area contributed by atoms with Crippen molar-refractivity contribution in [2.75, 3.05) is 23.7 Å². The van der Waals surface area contributed by atoms with Gasteiger partial charge in [-0.15, -0.1) is 0 Å². The van der Waals surface area contributed by atoms with Crippen LogP contribution in [0.2, 0.25) is 0 Å². The van der Waals surface area contributed by atoms with Gasteiger partial charge in [-0.25, -0.2) is 0 Å². The van der Waals surface area contributed by atoms with E-state index in [1.807, 2.05) is 30.5 Å². The molecule has 1 fully saturated rings. The van der Waals surface area contributed by atoms with Gasteiger partial charge < -0.3 is 10.6 Å². The number of nitrogens with two attached hydrogens (primary N) is 1. The van der Waals surface area contributed by atoms with Crippen LogP contribution in [0, 0.1) is 0 Å². The van der Waals surface area contributed by atoms with Crippen molar-refractivity contribution < 1.29 is 0 Å². The Labute approximate surface area is 119 Å². The van der Waals surface area contributed by atoms with Crippen molar-refractivity contribution >= 4 is 23.3 Å². The molecule has 1 saturated heterocycles. The number of hydrogen-bond acceptors (Lipinski definition) is 3. The summed E-state index contributed by atoms with van der Waals surface area (Å²) in [5.74, 6) is 0. The minimum absolute atomic E-state index is 0.775. The van der Waals surface area contributed by atoms with Crippen LogP contribution in [0.25, 0.3) is 0 Å². The zero-order valence-electron chi connectivity index (χ0n) is 11.5. The van der Waals surface area contributed by atoms with Crippen LogP contribution in [-0.4, -0.2) is 19.3 Å². The molecule has 0 atom stereocenters. The molecule has 0 radical (unpaired) electrons. The number of hydrogen-bond donors (Lipinski definition) is 1. The highest BCUT2D eigenvalue weighted by molar-refractivity contribution is 5.82. The highest BCUT2D eigenvalue weighted by Gasteiger charge is 2.11. The van der Waals surface area contributed by atoms with E-state index in [-0.39, 0.29) is 0 Å². The predicted octanol–water partition coefficient (Wildman–Crippen LogP) is 3.62. The number of nitrogens with zero attached hydrogens (tertiary/aromatic N) is 2. The number of nitrogen functional groups attached to an aromatic ring is 1. The fraction of sp³-hybridized carbons (Fsp3) is 0.235. The molecule has 1 aliphatic rings. The van der Waals surface area contributed by atoms with E-state index in [0.29, 0.717) is 0 Å². The first-order valence-electron chi connectivity index (χ1n) is 7.06. The molecule has 0 aromatic heterocycles. The van der Waals surface area contributed by atoms with Gasteiger partial charge in [0, 0.05) is 30.7 Å². The Kier molecular flexibility index (Phi) is 3.68. The van der Waals surface area contributed by atoms with Crippen molar-refractivity contribution in [1.29, 1.82) is 0 Å². The third-order valence-corrected chi connectivity index (χ3v) is 3.62. The molecule has 3 nitrogen and oxygen atoms in total. The van der Waals surface area contributed by atoms with Gasteiger partial charge in [0.1, 0.15) is 0 Å². The summed E-state index contributed by atoms with van der Waals surface area (Å²) < 4.78 is 0. The molecular formula is C17H19N3. The largest absolute Gasteiger partial charge is 0.399 e. The number of anilines is 2. The minimum atomic E-state index is 0.775. The Hall–Kier alpha value is -2.29. The van der Waals surface area contributed by atoms with E-state index < -0.39 is 0 Å². The van der Waals surface area contributed by atoms with Gasteiger partial charge in [-0.2, -0.15) is 0 Å². The van der Waals surface area contributed by atoms with E-state index in [0.717, 1.165) is 16.9 Å². The first kappa shape index (κ1) is 12.7. The Balaban J connectivity index is 1.69. The molecule has 0 aliphatic carbocycles. The summed E-state index contributed by atoms with van der Waals surface area (Å²) in [6.07, 6.45) is 4.47. The topological polar surface area (TPSA) is 41.6 Å². The average Bonchev–Trinajstić information content (AvgIpc) is 3.01. The van der Waals surface area contributed by atoms with Crippen LogP contribution in [0.15, 0.2) is 53.5 Å². The van der Waals surface area contributed by atoms with E-state index in [9.17, 15) is 0 Å². The SMILES string of the molecule is Nc1ccc(/C=N/c2ccc(N3CCCC3)cc2)cc1. The Morgan fingerprint density at radius 3 is 2.20 bits per heavy atom. The van der Waals surface area contributed by atoms with Crippen LogP contribution in [0.4, 0.5) is 17.1 Å². The fourth-order valence-electron chi connectivity index (χ4n) is 2.46. The summed E-state index contributed by atoms with van der Waals surface area (Å²) in [7, 11) is 0. The van der Waals surface area contributed by atoms with Crippen LogP contribution in [-0.2, 0) is 0 Å². The Bertz CT molecular complexity index is 579. The van der Waals surface area contributed by atoms with Crippen molar-refractivity contribution in [2.24, 2.45) is 4.99 Å². The molecular weight excluding hydrogens is 246 g/mol. The lowest BCUT2D eigenvalue weighted by Crippen LogP contribution is -2.17. The molecule has 3 rings (SSSR count). The number of aliphatic imine (C=N–C) groups is 1. The monoisotopic (exact) mass is 265 g/mol. The van der Waals surface area contributed by atoms with Crippen molar-refractivity contribution in [2.45, 2.75) is 12.8 Å². The van der Waals surface area contributed by atoms with Crippen molar-refractivity contribution in [3.8, 4) is 0 Å². The Morgan fingerprint density at radius 1 is 0.900 bits per heavy atom. The highest BCUT2D eigenvalue weighted by atomic mass is 15.1.